The number of H-pyrrole nitrogens is 1. The lowest BCUT2D eigenvalue weighted by Crippen LogP contribution is -2.41. The number of carboxylic acid groups (broad SMARTS) is 1. The number of aromatic nitrogens is 2. The molecule has 0 aliphatic rings. The van der Waals surface area contributed by atoms with Crippen LogP contribution < -0.4 is 4.72 Å². The Morgan fingerprint density at radius 1 is 1.50 bits per heavy atom. The van der Waals surface area contributed by atoms with E-state index in [0.717, 1.165) is 0 Å². The van der Waals surface area contributed by atoms with Crippen molar-refractivity contribution in [3.8, 4) is 0 Å². The summed E-state index contributed by atoms with van der Waals surface area (Å²) in [5, 5.41) is 18.1. The highest BCUT2D eigenvalue weighted by Gasteiger charge is 2.27. The molecule has 2 aromatic heterocycles. The fraction of sp³-hybridized carbons (Fsp3) is 0.273. The number of pyridine rings is 1. The first-order valence-electron chi connectivity index (χ1n) is 5.74. The van der Waals surface area contributed by atoms with Crippen molar-refractivity contribution in [3.63, 3.8) is 0 Å². The standard InChI is InChI=1S/C11H13N3O5S/c15-5-3-8(11(16)17)14-20(18,19)9-6-13-10-7(9)2-1-4-12-10/h1-2,4,6,8,14-15H,3,5H2,(H,12,13)(H,16,17)/t8-/m0/s1. The highest BCUT2D eigenvalue weighted by molar-refractivity contribution is 7.89. The van der Waals surface area contributed by atoms with Crippen molar-refractivity contribution in [3.05, 3.63) is 24.5 Å². The monoisotopic (exact) mass is 299 g/mol. The lowest BCUT2D eigenvalue weighted by Gasteiger charge is -2.12. The third-order valence-electron chi connectivity index (χ3n) is 2.72. The lowest BCUT2D eigenvalue weighted by molar-refractivity contribution is -0.139. The molecule has 8 nitrogen and oxygen atoms in total. The van der Waals surface area contributed by atoms with Gasteiger partial charge in [0.15, 0.2) is 0 Å². The van der Waals surface area contributed by atoms with E-state index >= 15 is 0 Å². The van der Waals surface area contributed by atoms with E-state index in [-0.39, 0.29) is 11.3 Å². The van der Waals surface area contributed by atoms with Gasteiger partial charge in [-0.05, 0) is 18.6 Å². The fourth-order valence-electron chi connectivity index (χ4n) is 1.77. The molecule has 0 radical (unpaired) electrons. The van der Waals surface area contributed by atoms with E-state index in [9.17, 15) is 13.2 Å². The van der Waals surface area contributed by atoms with Crippen LogP contribution in [0, 0.1) is 0 Å². The molecule has 0 spiro atoms. The minimum absolute atomic E-state index is 0.0789. The first kappa shape index (κ1) is 14.4. The number of fused-ring (bicyclic) bond motifs is 1. The molecule has 2 rings (SSSR count). The predicted octanol–water partition coefficient (Wildman–Crippen LogP) is -0.323. The summed E-state index contributed by atoms with van der Waals surface area (Å²) < 4.78 is 26.4. The van der Waals surface area contributed by atoms with E-state index in [1.807, 2.05) is 0 Å². The van der Waals surface area contributed by atoms with Crippen molar-refractivity contribution in [2.75, 3.05) is 6.61 Å². The maximum absolute atomic E-state index is 12.2. The van der Waals surface area contributed by atoms with Gasteiger partial charge in [-0.3, -0.25) is 4.79 Å². The normalized spacial score (nSPS) is 13.4. The topological polar surface area (TPSA) is 132 Å². The second-order valence-corrected chi connectivity index (χ2v) is 5.76. The largest absolute Gasteiger partial charge is 0.480 e. The first-order valence-corrected chi connectivity index (χ1v) is 7.22. The van der Waals surface area contributed by atoms with Crippen molar-refractivity contribution in [1.29, 1.82) is 0 Å². The van der Waals surface area contributed by atoms with Crippen LogP contribution in [-0.4, -0.2) is 47.2 Å². The zero-order valence-electron chi connectivity index (χ0n) is 10.3. The molecule has 2 heterocycles. The van der Waals surface area contributed by atoms with Crippen molar-refractivity contribution in [1.82, 2.24) is 14.7 Å². The Morgan fingerprint density at radius 2 is 2.25 bits per heavy atom. The molecular weight excluding hydrogens is 286 g/mol. The number of hydrogen-bond donors (Lipinski definition) is 4. The number of aliphatic hydroxyl groups is 1. The SMILES string of the molecule is O=C(O)[C@H](CCO)NS(=O)(=O)c1c[nH]c2ncccc12. The number of carbonyl (C=O) groups is 1. The van der Waals surface area contributed by atoms with Gasteiger partial charge in [-0.15, -0.1) is 0 Å². The van der Waals surface area contributed by atoms with Gasteiger partial charge in [-0.1, -0.05) is 0 Å². The average molecular weight is 299 g/mol. The van der Waals surface area contributed by atoms with Gasteiger partial charge in [0, 0.05) is 24.4 Å². The van der Waals surface area contributed by atoms with Crippen LogP contribution >= 0.6 is 0 Å². The maximum atomic E-state index is 12.2. The van der Waals surface area contributed by atoms with Gasteiger partial charge in [0.25, 0.3) is 0 Å². The Hall–Kier alpha value is -1.97. The van der Waals surface area contributed by atoms with Crippen LogP contribution in [0.2, 0.25) is 0 Å². The van der Waals surface area contributed by atoms with Gasteiger partial charge in [0.05, 0.1) is 0 Å². The van der Waals surface area contributed by atoms with Crippen LogP contribution in [0.15, 0.2) is 29.4 Å². The average Bonchev–Trinajstić information content (AvgIpc) is 2.82. The number of nitrogens with zero attached hydrogens (tertiary/aromatic N) is 1. The molecule has 0 unspecified atom stereocenters. The van der Waals surface area contributed by atoms with Crippen LogP contribution in [0.5, 0.6) is 0 Å². The highest BCUT2D eigenvalue weighted by Crippen LogP contribution is 2.20. The van der Waals surface area contributed by atoms with E-state index < -0.39 is 28.6 Å². The number of carboxylic acids is 1. The van der Waals surface area contributed by atoms with Crippen LogP contribution in [0.25, 0.3) is 11.0 Å². The van der Waals surface area contributed by atoms with Gasteiger partial charge < -0.3 is 15.2 Å². The van der Waals surface area contributed by atoms with E-state index in [1.54, 1.807) is 12.1 Å². The van der Waals surface area contributed by atoms with Gasteiger partial charge in [-0.2, -0.15) is 4.72 Å². The molecule has 0 saturated heterocycles. The van der Waals surface area contributed by atoms with Gasteiger partial charge in [0.2, 0.25) is 10.0 Å². The summed E-state index contributed by atoms with van der Waals surface area (Å²) in [5.41, 5.74) is 0.391. The minimum Gasteiger partial charge on any atom is -0.480 e. The van der Waals surface area contributed by atoms with Crippen molar-refractivity contribution in [2.45, 2.75) is 17.4 Å². The van der Waals surface area contributed by atoms with Crippen LogP contribution in [0.4, 0.5) is 0 Å². The van der Waals surface area contributed by atoms with Crippen molar-refractivity contribution in [2.24, 2.45) is 0 Å². The van der Waals surface area contributed by atoms with E-state index in [1.165, 1.54) is 12.4 Å². The predicted molar refractivity (Wildman–Crippen MR) is 69.5 cm³/mol. The maximum Gasteiger partial charge on any atom is 0.321 e. The summed E-state index contributed by atoms with van der Waals surface area (Å²) in [6.07, 6.45) is 2.54. The van der Waals surface area contributed by atoms with Crippen molar-refractivity contribution >= 4 is 27.0 Å². The number of aliphatic carboxylic acids is 1. The zero-order valence-corrected chi connectivity index (χ0v) is 11.1. The summed E-state index contributed by atoms with van der Waals surface area (Å²) in [5.74, 6) is -1.35. The van der Waals surface area contributed by atoms with E-state index in [4.69, 9.17) is 10.2 Å². The number of rotatable bonds is 6. The number of nitrogens with one attached hydrogen (secondary N) is 2. The third-order valence-corrected chi connectivity index (χ3v) is 4.23. The molecule has 0 aliphatic carbocycles. The van der Waals surface area contributed by atoms with Crippen LogP contribution in [0.1, 0.15) is 6.42 Å². The smallest absolute Gasteiger partial charge is 0.321 e. The third kappa shape index (κ3) is 2.79. The molecule has 4 N–H and O–H groups in total. The molecule has 1 atom stereocenters. The summed E-state index contributed by atoms with van der Waals surface area (Å²) in [6, 6.07) is 1.76. The summed E-state index contributed by atoms with van der Waals surface area (Å²) in [7, 11) is -4.02. The van der Waals surface area contributed by atoms with Gasteiger partial charge in [-0.25, -0.2) is 13.4 Å². The number of aromatic amines is 1. The Bertz CT molecular complexity index is 724. The molecule has 108 valence electrons. The minimum atomic E-state index is -4.02. The Morgan fingerprint density at radius 3 is 2.90 bits per heavy atom. The quantitative estimate of drug-likeness (QED) is 0.577. The molecule has 0 amide bonds. The van der Waals surface area contributed by atoms with E-state index in [0.29, 0.717) is 11.0 Å². The molecule has 0 bridgehead atoms. The molecule has 0 aromatic carbocycles. The number of hydrogen-bond acceptors (Lipinski definition) is 5. The molecule has 2 aromatic rings. The summed E-state index contributed by atoms with van der Waals surface area (Å²) >= 11 is 0. The second kappa shape index (κ2) is 5.57. The van der Waals surface area contributed by atoms with Crippen molar-refractivity contribution < 1.29 is 23.4 Å². The Balaban J connectivity index is 2.37. The summed E-state index contributed by atoms with van der Waals surface area (Å²) in [4.78, 5) is 17.5. The molecule has 0 aliphatic heterocycles. The Kier molecular flexibility index (Phi) is 4.02. The number of aliphatic hydroxyl groups excluding tert-OH is 1. The number of sulfonamides is 1. The van der Waals surface area contributed by atoms with Crippen LogP contribution in [-0.2, 0) is 14.8 Å². The Labute approximate surface area is 114 Å². The zero-order chi connectivity index (χ0) is 14.8. The van der Waals surface area contributed by atoms with Gasteiger partial charge in [0.1, 0.15) is 16.6 Å². The van der Waals surface area contributed by atoms with E-state index in [2.05, 4.69) is 14.7 Å². The summed E-state index contributed by atoms with van der Waals surface area (Å²) in [6.45, 7) is -0.436. The highest BCUT2D eigenvalue weighted by atomic mass is 32.2. The molecular formula is C11H13N3O5S. The lowest BCUT2D eigenvalue weighted by atomic mass is 10.2. The van der Waals surface area contributed by atoms with Crippen LogP contribution in [0.3, 0.4) is 0 Å². The molecule has 20 heavy (non-hydrogen) atoms. The molecule has 9 heteroatoms. The molecule has 0 saturated carbocycles. The fourth-order valence-corrected chi connectivity index (χ4v) is 3.15. The second-order valence-electron chi connectivity index (χ2n) is 4.08. The molecule has 0 fully saturated rings. The van der Waals surface area contributed by atoms with Gasteiger partial charge >= 0.3 is 5.97 Å². The first-order chi connectivity index (χ1) is 9.45.